The molecule has 1 aromatic rings. The molecule has 0 heterocycles. The maximum absolute atomic E-state index is 12.3. The Morgan fingerprint density at radius 1 is 1.37 bits per heavy atom. The van der Waals surface area contributed by atoms with Crippen molar-refractivity contribution in [1.82, 2.24) is 0 Å². The summed E-state index contributed by atoms with van der Waals surface area (Å²) in [5.74, 6) is 0.149. The number of rotatable bonds is 7. The first-order chi connectivity index (χ1) is 9.26. The number of nitrogens with zero attached hydrogens (tertiary/aromatic N) is 1. The molecule has 1 aliphatic rings. The lowest BCUT2D eigenvalue weighted by molar-refractivity contribution is -0.119. The van der Waals surface area contributed by atoms with Gasteiger partial charge in [0, 0.05) is 24.9 Å². The van der Waals surface area contributed by atoms with Gasteiger partial charge in [0.05, 0.1) is 13.0 Å². The van der Waals surface area contributed by atoms with Crippen LogP contribution in [0.3, 0.4) is 0 Å². The van der Waals surface area contributed by atoms with Crippen LogP contribution in [0.15, 0.2) is 24.3 Å². The molecule has 4 heteroatoms. The fraction of sp³-hybridized carbons (Fsp3) is 0.533. The van der Waals surface area contributed by atoms with Crippen LogP contribution in [0.25, 0.3) is 0 Å². The monoisotopic (exact) mass is 262 g/mol. The summed E-state index contributed by atoms with van der Waals surface area (Å²) in [4.78, 5) is 14.2. The van der Waals surface area contributed by atoms with E-state index in [2.05, 4.69) is 0 Å². The van der Waals surface area contributed by atoms with Crippen molar-refractivity contribution in [3.05, 3.63) is 29.8 Å². The number of carbonyl (C=O) groups is 1. The Kier molecular flexibility index (Phi) is 4.93. The Labute approximate surface area is 114 Å². The second-order valence-electron chi connectivity index (χ2n) is 4.81. The zero-order valence-electron chi connectivity index (χ0n) is 11.5. The topological polar surface area (TPSA) is 55.6 Å². The van der Waals surface area contributed by atoms with Gasteiger partial charge in [-0.3, -0.25) is 4.79 Å². The molecular weight excluding hydrogens is 240 g/mol. The Bertz CT molecular complexity index is 413. The Morgan fingerprint density at radius 3 is 2.58 bits per heavy atom. The van der Waals surface area contributed by atoms with E-state index in [1.165, 1.54) is 0 Å². The van der Waals surface area contributed by atoms with Gasteiger partial charge in [-0.05, 0) is 37.5 Å². The summed E-state index contributed by atoms with van der Waals surface area (Å²) >= 11 is 0. The molecule has 0 bridgehead atoms. The van der Waals surface area contributed by atoms with Gasteiger partial charge in [-0.15, -0.1) is 0 Å². The minimum atomic E-state index is 0.149. The minimum Gasteiger partial charge on any atom is -0.381 e. The summed E-state index contributed by atoms with van der Waals surface area (Å²) in [6.07, 6.45) is 2.64. The van der Waals surface area contributed by atoms with E-state index in [-0.39, 0.29) is 5.91 Å². The Balaban J connectivity index is 2.04. The van der Waals surface area contributed by atoms with Gasteiger partial charge < -0.3 is 15.4 Å². The predicted molar refractivity (Wildman–Crippen MR) is 76.0 cm³/mol. The molecule has 0 atom stereocenters. The normalized spacial score (nSPS) is 14.4. The van der Waals surface area contributed by atoms with E-state index in [1.54, 1.807) is 0 Å². The van der Waals surface area contributed by atoms with Crippen LogP contribution in [-0.2, 0) is 16.1 Å². The second kappa shape index (κ2) is 6.68. The summed E-state index contributed by atoms with van der Waals surface area (Å²) in [5.41, 5.74) is 7.65. The molecule has 1 saturated carbocycles. The largest absolute Gasteiger partial charge is 0.381 e. The standard InChI is InChI=1S/C15H22N2O2/c1-2-19-10-9-15(18)17(14-7-8-14)13-5-3-12(11-16)4-6-13/h3-6,14H,2,7-11,16H2,1H3. The number of carbonyl (C=O) groups excluding carboxylic acids is 1. The van der Waals surface area contributed by atoms with Crippen LogP contribution < -0.4 is 10.6 Å². The van der Waals surface area contributed by atoms with Crippen molar-refractivity contribution in [3.63, 3.8) is 0 Å². The SMILES string of the molecule is CCOCCC(=O)N(c1ccc(CN)cc1)C1CC1. The number of benzene rings is 1. The molecule has 1 amide bonds. The number of anilines is 1. The van der Waals surface area contributed by atoms with Crippen molar-refractivity contribution in [3.8, 4) is 0 Å². The molecule has 104 valence electrons. The lowest BCUT2D eigenvalue weighted by Gasteiger charge is -2.23. The van der Waals surface area contributed by atoms with E-state index in [4.69, 9.17) is 10.5 Å². The summed E-state index contributed by atoms with van der Waals surface area (Å²) in [6, 6.07) is 8.32. The van der Waals surface area contributed by atoms with Crippen LogP contribution in [0.4, 0.5) is 5.69 Å². The zero-order chi connectivity index (χ0) is 13.7. The molecule has 1 aromatic carbocycles. The minimum absolute atomic E-state index is 0.149. The molecule has 2 rings (SSSR count). The Morgan fingerprint density at radius 2 is 2.05 bits per heavy atom. The molecule has 0 unspecified atom stereocenters. The third-order valence-electron chi connectivity index (χ3n) is 3.30. The number of hydrogen-bond acceptors (Lipinski definition) is 3. The third-order valence-corrected chi connectivity index (χ3v) is 3.30. The summed E-state index contributed by atoms with van der Waals surface area (Å²) in [5, 5.41) is 0. The first-order valence-corrected chi connectivity index (χ1v) is 6.95. The molecule has 1 aliphatic carbocycles. The average molecular weight is 262 g/mol. The highest BCUT2D eigenvalue weighted by molar-refractivity contribution is 5.94. The molecule has 1 fully saturated rings. The highest BCUT2D eigenvalue weighted by atomic mass is 16.5. The van der Waals surface area contributed by atoms with Crippen molar-refractivity contribution in [2.24, 2.45) is 5.73 Å². The van der Waals surface area contributed by atoms with Gasteiger partial charge in [-0.2, -0.15) is 0 Å². The Hall–Kier alpha value is -1.39. The predicted octanol–water partition coefficient (Wildman–Crippen LogP) is 2.07. The van der Waals surface area contributed by atoms with Crippen LogP contribution in [0.2, 0.25) is 0 Å². The average Bonchev–Trinajstić information content (AvgIpc) is 3.25. The van der Waals surface area contributed by atoms with Gasteiger partial charge in [0.25, 0.3) is 0 Å². The summed E-state index contributed by atoms with van der Waals surface area (Å²) in [6.45, 7) is 3.62. The highest BCUT2D eigenvalue weighted by Crippen LogP contribution is 2.32. The van der Waals surface area contributed by atoms with Gasteiger partial charge in [0.2, 0.25) is 5.91 Å². The van der Waals surface area contributed by atoms with Gasteiger partial charge >= 0.3 is 0 Å². The lowest BCUT2D eigenvalue weighted by atomic mass is 10.2. The van der Waals surface area contributed by atoms with E-state index < -0.39 is 0 Å². The number of amides is 1. The molecular formula is C15H22N2O2. The van der Waals surface area contributed by atoms with Crippen LogP contribution in [-0.4, -0.2) is 25.2 Å². The van der Waals surface area contributed by atoms with E-state index in [0.717, 1.165) is 24.1 Å². The van der Waals surface area contributed by atoms with Crippen LogP contribution in [0, 0.1) is 0 Å². The molecule has 0 saturated heterocycles. The van der Waals surface area contributed by atoms with Gasteiger partial charge in [0.1, 0.15) is 0 Å². The van der Waals surface area contributed by atoms with Crippen LogP contribution >= 0.6 is 0 Å². The fourth-order valence-electron chi connectivity index (χ4n) is 2.11. The van der Waals surface area contributed by atoms with E-state index >= 15 is 0 Å². The number of ether oxygens (including phenoxy) is 1. The molecule has 0 aromatic heterocycles. The molecule has 0 radical (unpaired) electrons. The van der Waals surface area contributed by atoms with Crippen molar-refractivity contribution in [2.75, 3.05) is 18.1 Å². The molecule has 0 spiro atoms. The quantitative estimate of drug-likeness (QED) is 0.765. The van der Waals surface area contributed by atoms with Crippen LogP contribution in [0.5, 0.6) is 0 Å². The smallest absolute Gasteiger partial charge is 0.229 e. The van der Waals surface area contributed by atoms with E-state index in [1.807, 2.05) is 36.1 Å². The van der Waals surface area contributed by atoms with Crippen molar-refractivity contribution in [1.29, 1.82) is 0 Å². The maximum Gasteiger partial charge on any atom is 0.229 e. The van der Waals surface area contributed by atoms with E-state index in [0.29, 0.717) is 32.2 Å². The number of hydrogen-bond donors (Lipinski definition) is 1. The van der Waals surface area contributed by atoms with E-state index in [9.17, 15) is 4.79 Å². The molecule has 4 nitrogen and oxygen atoms in total. The molecule has 2 N–H and O–H groups in total. The van der Waals surface area contributed by atoms with Crippen molar-refractivity contribution < 1.29 is 9.53 Å². The van der Waals surface area contributed by atoms with Gasteiger partial charge in [-0.1, -0.05) is 12.1 Å². The second-order valence-corrected chi connectivity index (χ2v) is 4.81. The van der Waals surface area contributed by atoms with Crippen molar-refractivity contribution in [2.45, 2.75) is 38.8 Å². The highest BCUT2D eigenvalue weighted by Gasteiger charge is 2.33. The lowest BCUT2D eigenvalue weighted by Crippen LogP contribution is -2.33. The first kappa shape index (κ1) is 14.0. The van der Waals surface area contributed by atoms with Crippen molar-refractivity contribution >= 4 is 11.6 Å². The first-order valence-electron chi connectivity index (χ1n) is 6.95. The molecule has 0 aliphatic heterocycles. The summed E-state index contributed by atoms with van der Waals surface area (Å²) in [7, 11) is 0. The van der Waals surface area contributed by atoms with Crippen LogP contribution in [0.1, 0.15) is 31.7 Å². The van der Waals surface area contributed by atoms with Gasteiger partial charge in [0.15, 0.2) is 0 Å². The fourth-order valence-corrected chi connectivity index (χ4v) is 2.11. The molecule has 19 heavy (non-hydrogen) atoms. The number of nitrogens with two attached hydrogens (primary N) is 1. The van der Waals surface area contributed by atoms with Gasteiger partial charge in [-0.25, -0.2) is 0 Å². The zero-order valence-corrected chi connectivity index (χ0v) is 11.5. The maximum atomic E-state index is 12.3. The summed E-state index contributed by atoms with van der Waals surface area (Å²) < 4.78 is 5.26. The third kappa shape index (κ3) is 3.78.